The molecule has 0 amide bonds. The van der Waals surface area contributed by atoms with Gasteiger partial charge in [-0.05, 0) is 29.3 Å². The maximum atomic E-state index is 12.1. The molecule has 0 saturated carbocycles. The molecule has 1 heterocycles. The van der Waals surface area contributed by atoms with Crippen LogP contribution in [0.2, 0.25) is 0 Å². The summed E-state index contributed by atoms with van der Waals surface area (Å²) in [6.07, 6.45) is 0.714. The predicted octanol–water partition coefficient (Wildman–Crippen LogP) is 4.03. The van der Waals surface area contributed by atoms with E-state index in [1.807, 2.05) is 6.07 Å². The van der Waals surface area contributed by atoms with Gasteiger partial charge in [0.05, 0.1) is 5.52 Å². The van der Waals surface area contributed by atoms with Crippen LogP contribution in [0.4, 0.5) is 8.78 Å². The Hall–Kier alpha value is -2.03. The summed E-state index contributed by atoms with van der Waals surface area (Å²) in [4.78, 5) is 4.15. The van der Waals surface area contributed by atoms with Crippen LogP contribution in [0.1, 0.15) is 5.56 Å². The fraction of sp³-hybridized carbons (Fsp3) is 0. The zero-order chi connectivity index (χ0) is 11.5. The van der Waals surface area contributed by atoms with Crippen LogP contribution in [0.15, 0.2) is 55.3 Å². The fourth-order valence-corrected chi connectivity index (χ4v) is 1.49. The first-order chi connectivity index (χ1) is 7.66. The van der Waals surface area contributed by atoms with Crippen LogP contribution in [-0.4, -0.2) is 4.98 Å². The van der Waals surface area contributed by atoms with Gasteiger partial charge in [0.25, 0.3) is 6.08 Å². The smallest absolute Gasteiger partial charge is 0.256 e. The molecule has 0 spiro atoms. The standard InChI is InChI=1S/C13H9F2N/c1-9(7-13(14)15)10-4-5-12-11(8-10)3-2-6-16-12/h2-8H,1H2. The normalized spacial score (nSPS) is 10.1. The molecular formula is C13H9F2N. The molecule has 0 bridgehead atoms. The van der Waals surface area contributed by atoms with E-state index in [-0.39, 0.29) is 0 Å². The molecule has 1 aromatic carbocycles. The van der Waals surface area contributed by atoms with Crippen LogP contribution in [-0.2, 0) is 0 Å². The molecule has 2 rings (SSSR count). The SMILES string of the molecule is C=C(C=C(F)F)c1ccc2ncccc2c1. The van der Waals surface area contributed by atoms with Gasteiger partial charge in [0.2, 0.25) is 0 Å². The van der Waals surface area contributed by atoms with Crippen LogP contribution in [0.5, 0.6) is 0 Å². The predicted molar refractivity (Wildman–Crippen MR) is 61.1 cm³/mol. The highest BCUT2D eigenvalue weighted by atomic mass is 19.3. The maximum Gasteiger partial charge on any atom is 0.270 e. The highest BCUT2D eigenvalue weighted by Gasteiger charge is 2.00. The summed E-state index contributed by atoms with van der Waals surface area (Å²) < 4.78 is 24.1. The van der Waals surface area contributed by atoms with E-state index in [9.17, 15) is 8.78 Å². The second-order valence-electron chi connectivity index (χ2n) is 3.37. The van der Waals surface area contributed by atoms with Gasteiger partial charge in [0.1, 0.15) is 0 Å². The first-order valence-corrected chi connectivity index (χ1v) is 4.73. The Morgan fingerprint density at radius 3 is 2.81 bits per heavy atom. The van der Waals surface area contributed by atoms with Gasteiger partial charge in [-0.15, -0.1) is 0 Å². The van der Waals surface area contributed by atoms with Crippen molar-refractivity contribution in [1.82, 2.24) is 4.98 Å². The molecule has 0 unspecified atom stereocenters. The summed E-state index contributed by atoms with van der Waals surface area (Å²) in [6.45, 7) is 3.60. The lowest BCUT2D eigenvalue weighted by Crippen LogP contribution is -1.82. The molecule has 16 heavy (non-hydrogen) atoms. The number of hydrogen-bond donors (Lipinski definition) is 0. The number of halogens is 2. The van der Waals surface area contributed by atoms with Crippen molar-refractivity contribution in [2.75, 3.05) is 0 Å². The number of fused-ring (bicyclic) bond motifs is 1. The van der Waals surface area contributed by atoms with Crippen molar-refractivity contribution in [3.63, 3.8) is 0 Å². The molecule has 3 heteroatoms. The minimum atomic E-state index is -1.74. The largest absolute Gasteiger partial charge is 0.270 e. The van der Waals surface area contributed by atoms with E-state index < -0.39 is 6.08 Å². The van der Waals surface area contributed by atoms with Crippen molar-refractivity contribution >= 4 is 16.5 Å². The van der Waals surface area contributed by atoms with Gasteiger partial charge >= 0.3 is 0 Å². The molecule has 0 radical (unpaired) electrons. The lowest BCUT2D eigenvalue weighted by molar-refractivity contribution is 0.422. The first kappa shape index (κ1) is 10.5. The molecule has 0 aliphatic carbocycles. The van der Waals surface area contributed by atoms with E-state index in [0.29, 0.717) is 11.1 Å². The minimum absolute atomic E-state index is 0.297. The number of hydrogen-bond acceptors (Lipinski definition) is 1. The van der Waals surface area contributed by atoms with E-state index in [4.69, 9.17) is 0 Å². The lowest BCUT2D eigenvalue weighted by Gasteiger charge is -2.02. The third kappa shape index (κ3) is 2.14. The molecule has 1 nitrogen and oxygen atoms in total. The van der Waals surface area contributed by atoms with Gasteiger partial charge < -0.3 is 0 Å². The van der Waals surface area contributed by atoms with Crippen LogP contribution in [0, 0.1) is 0 Å². The molecular weight excluding hydrogens is 208 g/mol. The summed E-state index contributed by atoms with van der Waals surface area (Å²) in [5.41, 5.74) is 1.81. The van der Waals surface area contributed by atoms with Crippen molar-refractivity contribution in [2.24, 2.45) is 0 Å². The topological polar surface area (TPSA) is 12.9 Å². The third-order valence-corrected chi connectivity index (χ3v) is 2.26. The Labute approximate surface area is 91.7 Å². The van der Waals surface area contributed by atoms with Gasteiger partial charge in [0.15, 0.2) is 0 Å². The van der Waals surface area contributed by atoms with E-state index in [1.54, 1.807) is 30.5 Å². The number of pyridine rings is 1. The molecule has 2 aromatic rings. The minimum Gasteiger partial charge on any atom is -0.256 e. The van der Waals surface area contributed by atoms with E-state index in [1.165, 1.54) is 0 Å². The highest BCUT2D eigenvalue weighted by Crippen LogP contribution is 2.21. The third-order valence-electron chi connectivity index (χ3n) is 2.26. The number of rotatable bonds is 2. The second kappa shape index (κ2) is 4.23. The number of allylic oxidation sites excluding steroid dienone is 2. The Morgan fingerprint density at radius 2 is 2.06 bits per heavy atom. The van der Waals surface area contributed by atoms with E-state index >= 15 is 0 Å². The van der Waals surface area contributed by atoms with Gasteiger partial charge in [0, 0.05) is 17.7 Å². The number of nitrogens with zero attached hydrogens (tertiary/aromatic N) is 1. The zero-order valence-electron chi connectivity index (χ0n) is 8.45. The molecule has 0 fully saturated rings. The highest BCUT2D eigenvalue weighted by molar-refractivity contribution is 5.84. The van der Waals surface area contributed by atoms with Crippen LogP contribution in [0.3, 0.4) is 0 Å². The van der Waals surface area contributed by atoms with Gasteiger partial charge in [-0.3, -0.25) is 4.98 Å². The van der Waals surface area contributed by atoms with Crippen molar-refractivity contribution < 1.29 is 8.78 Å². The molecule has 0 aliphatic rings. The Kier molecular flexibility index (Phi) is 2.77. The van der Waals surface area contributed by atoms with Crippen LogP contribution >= 0.6 is 0 Å². The van der Waals surface area contributed by atoms with Crippen LogP contribution in [0.25, 0.3) is 16.5 Å². The number of aromatic nitrogens is 1. The first-order valence-electron chi connectivity index (χ1n) is 4.73. The Bertz CT molecular complexity index is 569. The lowest BCUT2D eigenvalue weighted by atomic mass is 10.0. The second-order valence-corrected chi connectivity index (χ2v) is 3.37. The average molecular weight is 217 g/mol. The van der Waals surface area contributed by atoms with E-state index in [2.05, 4.69) is 11.6 Å². The summed E-state index contributed by atoms with van der Waals surface area (Å²) in [5.74, 6) is 0. The molecule has 0 saturated heterocycles. The zero-order valence-corrected chi connectivity index (χ0v) is 8.45. The quantitative estimate of drug-likeness (QED) is 0.692. The van der Waals surface area contributed by atoms with Crippen molar-refractivity contribution in [3.8, 4) is 0 Å². The average Bonchev–Trinajstić information content (AvgIpc) is 2.27. The Balaban J connectivity index is 2.47. The monoisotopic (exact) mass is 217 g/mol. The van der Waals surface area contributed by atoms with Crippen molar-refractivity contribution in [3.05, 3.63) is 60.8 Å². The summed E-state index contributed by atoms with van der Waals surface area (Å²) in [7, 11) is 0. The molecule has 0 aliphatic heterocycles. The van der Waals surface area contributed by atoms with Gasteiger partial charge in [-0.25, -0.2) is 0 Å². The molecule has 1 aromatic heterocycles. The maximum absolute atomic E-state index is 12.1. The molecule has 0 atom stereocenters. The Morgan fingerprint density at radius 1 is 1.25 bits per heavy atom. The molecule has 80 valence electrons. The van der Waals surface area contributed by atoms with Gasteiger partial charge in [-0.2, -0.15) is 8.78 Å². The van der Waals surface area contributed by atoms with E-state index in [0.717, 1.165) is 17.0 Å². The number of benzene rings is 1. The van der Waals surface area contributed by atoms with Crippen molar-refractivity contribution in [1.29, 1.82) is 0 Å². The summed E-state index contributed by atoms with van der Waals surface area (Å²) >= 11 is 0. The molecule has 0 N–H and O–H groups in total. The summed E-state index contributed by atoms with van der Waals surface area (Å²) in [5, 5.41) is 0.911. The van der Waals surface area contributed by atoms with Gasteiger partial charge in [-0.1, -0.05) is 18.7 Å². The summed E-state index contributed by atoms with van der Waals surface area (Å²) in [6, 6.07) is 9.01. The fourth-order valence-electron chi connectivity index (χ4n) is 1.49. The van der Waals surface area contributed by atoms with Crippen molar-refractivity contribution in [2.45, 2.75) is 0 Å². The van der Waals surface area contributed by atoms with Crippen LogP contribution < -0.4 is 0 Å².